The predicted molar refractivity (Wildman–Crippen MR) is 85.3 cm³/mol. The number of hydrogen-bond donors (Lipinski definition) is 1. The van der Waals surface area contributed by atoms with Crippen molar-refractivity contribution in [3.8, 4) is 5.75 Å². The molecule has 1 N–H and O–H groups in total. The van der Waals surface area contributed by atoms with Crippen LogP contribution in [-0.4, -0.2) is 44.8 Å². The lowest BCUT2D eigenvalue weighted by atomic mass is 9.96. The topological polar surface area (TPSA) is 84.7 Å². The number of carboxylic acid groups (broad SMARTS) is 1. The van der Waals surface area contributed by atoms with Crippen molar-refractivity contribution >= 4 is 11.9 Å². The fourth-order valence-corrected chi connectivity index (χ4v) is 3.10. The van der Waals surface area contributed by atoms with Crippen LogP contribution in [0.2, 0.25) is 0 Å². The van der Waals surface area contributed by atoms with Crippen LogP contribution in [0, 0.1) is 11.7 Å². The van der Waals surface area contributed by atoms with Gasteiger partial charge in [0.1, 0.15) is 18.2 Å². The van der Waals surface area contributed by atoms with E-state index in [2.05, 4.69) is 5.10 Å². The maximum atomic E-state index is 13.2. The molecule has 1 aromatic carbocycles. The summed E-state index contributed by atoms with van der Waals surface area (Å²) in [6.45, 7) is 0.344. The normalized spacial score (nSPS) is 20.1. The van der Waals surface area contributed by atoms with Crippen molar-refractivity contribution in [3.05, 3.63) is 48.0 Å². The van der Waals surface area contributed by atoms with E-state index >= 15 is 0 Å². The summed E-state index contributed by atoms with van der Waals surface area (Å²) in [5.41, 5.74) is 0.673. The maximum absolute atomic E-state index is 13.2. The summed E-state index contributed by atoms with van der Waals surface area (Å²) < 4.78 is 20.2. The Morgan fingerprint density at radius 2 is 2.28 bits per heavy atom. The zero-order valence-electron chi connectivity index (χ0n) is 13.6. The molecular weight excluding hydrogens is 329 g/mol. The van der Waals surface area contributed by atoms with Crippen molar-refractivity contribution in [2.45, 2.75) is 12.5 Å². The first kappa shape index (κ1) is 16.9. The zero-order valence-corrected chi connectivity index (χ0v) is 13.6. The average molecular weight is 347 g/mol. The third-order valence-electron chi connectivity index (χ3n) is 4.21. The molecular formula is C17H18FN3O4. The lowest BCUT2D eigenvalue weighted by molar-refractivity contribution is -0.142. The van der Waals surface area contributed by atoms with Crippen molar-refractivity contribution in [2.75, 3.05) is 13.2 Å². The SMILES string of the molecule is Cn1cc([C@H]2[C@@H](C(=O)O)CC(=O)N2CCOc2cccc(F)c2)cn1. The lowest BCUT2D eigenvalue weighted by Gasteiger charge is -2.26. The lowest BCUT2D eigenvalue weighted by Crippen LogP contribution is -2.33. The van der Waals surface area contributed by atoms with E-state index < -0.39 is 23.7 Å². The number of aromatic nitrogens is 2. The molecule has 0 aliphatic carbocycles. The van der Waals surface area contributed by atoms with Gasteiger partial charge in [0.15, 0.2) is 0 Å². The molecule has 0 radical (unpaired) electrons. The second kappa shape index (κ2) is 6.92. The molecule has 3 rings (SSSR count). The van der Waals surface area contributed by atoms with Gasteiger partial charge < -0.3 is 14.7 Å². The van der Waals surface area contributed by atoms with E-state index in [1.54, 1.807) is 30.2 Å². The van der Waals surface area contributed by atoms with Crippen molar-refractivity contribution < 1.29 is 23.8 Å². The summed E-state index contributed by atoms with van der Waals surface area (Å²) in [4.78, 5) is 25.3. The number of carbonyl (C=O) groups excluding carboxylic acids is 1. The molecule has 0 saturated carbocycles. The van der Waals surface area contributed by atoms with Crippen LogP contribution < -0.4 is 4.74 Å². The number of likely N-dealkylation sites (tertiary alicyclic amines) is 1. The van der Waals surface area contributed by atoms with E-state index in [4.69, 9.17) is 4.74 Å². The molecule has 1 aliphatic rings. The number of aryl methyl sites for hydroxylation is 1. The van der Waals surface area contributed by atoms with Crippen LogP contribution in [0.25, 0.3) is 0 Å². The minimum Gasteiger partial charge on any atom is -0.492 e. The fraction of sp³-hybridized carbons (Fsp3) is 0.353. The number of nitrogens with zero attached hydrogens (tertiary/aromatic N) is 3. The minimum atomic E-state index is -1.02. The summed E-state index contributed by atoms with van der Waals surface area (Å²) in [6, 6.07) is 5.13. The Bertz CT molecular complexity index is 792. The van der Waals surface area contributed by atoms with Gasteiger partial charge in [-0.05, 0) is 12.1 Å². The second-order valence-corrected chi connectivity index (χ2v) is 5.93. The molecule has 2 atom stereocenters. The largest absolute Gasteiger partial charge is 0.492 e. The maximum Gasteiger partial charge on any atom is 0.309 e. The molecule has 1 amide bonds. The first-order valence-electron chi connectivity index (χ1n) is 7.85. The van der Waals surface area contributed by atoms with Crippen LogP contribution in [0.4, 0.5) is 4.39 Å². The van der Waals surface area contributed by atoms with Gasteiger partial charge in [-0.15, -0.1) is 0 Å². The molecule has 1 aliphatic heterocycles. The fourth-order valence-electron chi connectivity index (χ4n) is 3.10. The molecule has 0 unspecified atom stereocenters. The van der Waals surface area contributed by atoms with E-state index in [0.717, 1.165) is 0 Å². The number of benzene rings is 1. The van der Waals surface area contributed by atoms with Crippen LogP contribution in [0.15, 0.2) is 36.7 Å². The monoisotopic (exact) mass is 347 g/mol. The second-order valence-electron chi connectivity index (χ2n) is 5.93. The van der Waals surface area contributed by atoms with Gasteiger partial charge in [-0.3, -0.25) is 14.3 Å². The molecule has 132 valence electrons. The Kier molecular flexibility index (Phi) is 4.69. The van der Waals surface area contributed by atoms with Crippen molar-refractivity contribution in [1.82, 2.24) is 14.7 Å². The van der Waals surface area contributed by atoms with E-state index in [1.165, 1.54) is 23.1 Å². The van der Waals surface area contributed by atoms with Gasteiger partial charge in [0.2, 0.25) is 5.91 Å². The highest BCUT2D eigenvalue weighted by Crippen LogP contribution is 2.37. The highest BCUT2D eigenvalue weighted by Gasteiger charge is 2.45. The first-order chi connectivity index (χ1) is 12.0. The number of halogens is 1. The quantitative estimate of drug-likeness (QED) is 0.858. The van der Waals surface area contributed by atoms with Crippen LogP contribution >= 0.6 is 0 Å². The van der Waals surface area contributed by atoms with Crippen LogP contribution in [0.1, 0.15) is 18.0 Å². The Labute approximate surface area is 143 Å². The Balaban J connectivity index is 1.73. The van der Waals surface area contributed by atoms with Crippen molar-refractivity contribution in [1.29, 1.82) is 0 Å². The summed E-state index contributed by atoms with van der Waals surface area (Å²) in [7, 11) is 1.73. The number of aliphatic carboxylic acids is 1. The van der Waals surface area contributed by atoms with Crippen LogP contribution in [-0.2, 0) is 16.6 Å². The molecule has 0 spiro atoms. The average Bonchev–Trinajstić information content (AvgIpc) is 3.11. The summed E-state index contributed by atoms with van der Waals surface area (Å²) in [6.07, 6.45) is 3.22. The minimum absolute atomic E-state index is 0.0607. The number of carboxylic acids is 1. The third kappa shape index (κ3) is 3.62. The predicted octanol–water partition coefficient (Wildman–Crippen LogP) is 1.61. The Morgan fingerprint density at radius 3 is 2.92 bits per heavy atom. The van der Waals surface area contributed by atoms with Gasteiger partial charge >= 0.3 is 5.97 Å². The van der Waals surface area contributed by atoms with Gasteiger partial charge in [-0.2, -0.15) is 5.10 Å². The molecule has 1 fully saturated rings. The standard InChI is InChI=1S/C17H18FN3O4/c1-20-10-11(9-19-20)16-14(17(23)24)8-15(22)21(16)5-6-25-13-4-2-3-12(18)7-13/h2-4,7,9-10,14,16H,5-6,8H2,1H3,(H,23,24)/t14-,16-/m0/s1. The molecule has 25 heavy (non-hydrogen) atoms. The zero-order chi connectivity index (χ0) is 18.0. The van der Waals surface area contributed by atoms with E-state index in [1.807, 2.05) is 0 Å². The number of rotatable bonds is 6. The van der Waals surface area contributed by atoms with Gasteiger partial charge in [0, 0.05) is 31.3 Å². The summed E-state index contributed by atoms with van der Waals surface area (Å²) in [5, 5.41) is 13.5. The molecule has 7 nitrogen and oxygen atoms in total. The van der Waals surface area contributed by atoms with E-state index in [-0.39, 0.29) is 25.5 Å². The molecule has 1 saturated heterocycles. The molecule has 1 aromatic heterocycles. The third-order valence-corrected chi connectivity index (χ3v) is 4.21. The summed E-state index contributed by atoms with van der Waals surface area (Å²) >= 11 is 0. The highest BCUT2D eigenvalue weighted by atomic mass is 19.1. The van der Waals surface area contributed by atoms with Gasteiger partial charge in [0.25, 0.3) is 0 Å². The first-order valence-corrected chi connectivity index (χ1v) is 7.85. The van der Waals surface area contributed by atoms with Crippen LogP contribution in [0.5, 0.6) is 5.75 Å². The van der Waals surface area contributed by atoms with Crippen molar-refractivity contribution in [3.63, 3.8) is 0 Å². The van der Waals surface area contributed by atoms with E-state index in [0.29, 0.717) is 11.3 Å². The number of carbonyl (C=O) groups is 2. The Hall–Kier alpha value is -2.90. The molecule has 2 heterocycles. The Morgan fingerprint density at radius 1 is 1.48 bits per heavy atom. The highest BCUT2D eigenvalue weighted by molar-refractivity contribution is 5.87. The van der Waals surface area contributed by atoms with Gasteiger partial charge in [0.05, 0.1) is 24.7 Å². The smallest absolute Gasteiger partial charge is 0.309 e. The number of hydrogen-bond acceptors (Lipinski definition) is 4. The number of ether oxygens (including phenoxy) is 1. The number of amides is 1. The van der Waals surface area contributed by atoms with Gasteiger partial charge in [-0.25, -0.2) is 4.39 Å². The molecule has 8 heteroatoms. The summed E-state index contributed by atoms with van der Waals surface area (Å²) in [5.74, 6) is -2.14. The van der Waals surface area contributed by atoms with Gasteiger partial charge in [-0.1, -0.05) is 6.07 Å². The van der Waals surface area contributed by atoms with E-state index in [9.17, 15) is 19.1 Å². The molecule has 0 bridgehead atoms. The molecule has 2 aromatic rings. The van der Waals surface area contributed by atoms with Crippen molar-refractivity contribution in [2.24, 2.45) is 13.0 Å². The van der Waals surface area contributed by atoms with Crippen LogP contribution in [0.3, 0.4) is 0 Å².